The lowest BCUT2D eigenvalue weighted by molar-refractivity contribution is 0.256. The highest BCUT2D eigenvalue weighted by Crippen LogP contribution is 2.33. The summed E-state index contributed by atoms with van der Waals surface area (Å²) < 4.78 is 10.9. The molecule has 0 saturated carbocycles. The van der Waals surface area contributed by atoms with E-state index in [-0.39, 0.29) is 0 Å². The summed E-state index contributed by atoms with van der Waals surface area (Å²) in [7, 11) is 5.21. The van der Waals surface area contributed by atoms with Crippen molar-refractivity contribution in [2.24, 2.45) is 10.9 Å². The van der Waals surface area contributed by atoms with Crippen LogP contribution in [-0.4, -0.2) is 58.3 Å². The maximum atomic E-state index is 5.45. The highest BCUT2D eigenvalue weighted by molar-refractivity contribution is 5.79. The first kappa shape index (κ1) is 21.4. The van der Waals surface area contributed by atoms with Gasteiger partial charge in [-0.25, -0.2) is 0 Å². The number of benzene rings is 1. The number of hydrogen-bond acceptors (Lipinski definition) is 4. The predicted molar refractivity (Wildman–Crippen MR) is 112 cm³/mol. The van der Waals surface area contributed by atoms with Crippen LogP contribution in [0.3, 0.4) is 0 Å². The third kappa shape index (κ3) is 6.03. The van der Waals surface area contributed by atoms with Crippen molar-refractivity contribution < 1.29 is 9.47 Å². The van der Waals surface area contributed by atoms with Crippen LogP contribution >= 0.6 is 0 Å². The third-order valence-electron chi connectivity index (χ3n) is 5.45. The van der Waals surface area contributed by atoms with Crippen molar-refractivity contribution in [3.8, 4) is 11.5 Å². The molecule has 2 N–H and O–H groups in total. The number of fused-ring (bicyclic) bond motifs is 1. The van der Waals surface area contributed by atoms with Crippen LogP contribution in [0.15, 0.2) is 17.1 Å². The fraction of sp³-hybridized carbons (Fsp3) is 0.667. The molecule has 0 bridgehead atoms. The molecule has 0 amide bonds. The van der Waals surface area contributed by atoms with Gasteiger partial charge in [0.25, 0.3) is 0 Å². The van der Waals surface area contributed by atoms with E-state index in [1.807, 2.05) is 7.05 Å². The molecule has 1 aliphatic heterocycles. The second-order valence-corrected chi connectivity index (χ2v) is 7.06. The normalized spacial score (nSPS) is 14.8. The zero-order valence-corrected chi connectivity index (χ0v) is 17.6. The minimum absolute atomic E-state index is 0.703. The monoisotopic (exact) mass is 376 g/mol. The van der Waals surface area contributed by atoms with Gasteiger partial charge in [-0.05, 0) is 35.6 Å². The van der Waals surface area contributed by atoms with Gasteiger partial charge in [-0.2, -0.15) is 0 Å². The van der Waals surface area contributed by atoms with Crippen LogP contribution < -0.4 is 20.1 Å². The Hall–Kier alpha value is -1.95. The number of aliphatic imine (C=N–C) groups is 1. The summed E-state index contributed by atoms with van der Waals surface area (Å²) in [4.78, 5) is 6.80. The molecule has 0 atom stereocenters. The van der Waals surface area contributed by atoms with E-state index >= 15 is 0 Å². The molecule has 0 saturated heterocycles. The largest absolute Gasteiger partial charge is 0.493 e. The summed E-state index contributed by atoms with van der Waals surface area (Å²) in [6.07, 6.45) is 3.43. The molecule has 1 aromatic carbocycles. The summed E-state index contributed by atoms with van der Waals surface area (Å²) in [5.74, 6) is 3.22. The number of methoxy groups -OCH3 is 2. The van der Waals surface area contributed by atoms with Crippen molar-refractivity contribution in [2.75, 3.05) is 47.4 Å². The Kier molecular flexibility index (Phi) is 8.72. The maximum absolute atomic E-state index is 5.45. The number of nitrogens with one attached hydrogen (secondary N) is 2. The second-order valence-electron chi connectivity index (χ2n) is 7.06. The zero-order valence-electron chi connectivity index (χ0n) is 17.6. The quantitative estimate of drug-likeness (QED) is 0.513. The Labute approximate surface area is 164 Å². The minimum Gasteiger partial charge on any atom is -0.493 e. The van der Waals surface area contributed by atoms with E-state index in [4.69, 9.17) is 9.47 Å². The molecule has 6 heteroatoms. The molecule has 0 unspecified atom stereocenters. The number of guanidine groups is 1. The smallest absolute Gasteiger partial charge is 0.191 e. The lowest BCUT2D eigenvalue weighted by Crippen LogP contribution is -2.43. The lowest BCUT2D eigenvalue weighted by Gasteiger charge is -2.29. The third-order valence-corrected chi connectivity index (χ3v) is 5.45. The Balaban J connectivity index is 1.82. The maximum Gasteiger partial charge on any atom is 0.191 e. The van der Waals surface area contributed by atoms with Crippen LogP contribution in [0.25, 0.3) is 0 Å². The van der Waals surface area contributed by atoms with E-state index in [2.05, 4.69) is 46.5 Å². The number of rotatable bonds is 9. The van der Waals surface area contributed by atoms with Gasteiger partial charge < -0.3 is 20.1 Å². The van der Waals surface area contributed by atoms with Crippen LogP contribution in [0.4, 0.5) is 0 Å². The molecule has 0 aromatic heterocycles. The summed E-state index contributed by atoms with van der Waals surface area (Å²) in [6, 6.07) is 4.23. The molecule has 2 rings (SSSR count). The zero-order chi connectivity index (χ0) is 19.6. The van der Waals surface area contributed by atoms with Gasteiger partial charge >= 0.3 is 0 Å². The molecular weight excluding hydrogens is 340 g/mol. The van der Waals surface area contributed by atoms with Crippen molar-refractivity contribution in [3.63, 3.8) is 0 Å². The van der Waals surface area contributed by atoms with E-state index in [0.717, 1.165) is 56.6 Å². The van der Waals surface area contributed by atoms with Crippen LogP contribution in [0.2, 0.25) is 0 Å². The standard InChI is InChI=1S/C21H36N4O2/c1-6-16(7-2)14-24-21(22-3)23-9-11-25-10-8-17-12-19(26-4)20(27-5)13-18(17)15-25/h12-13,16H,6-11,14-15H2,1-5H3,(H2,22,23,24). The summed E-state index contributed by atoms with van der Waals surface area (Å²) in [5, 5.41) is 6.88. The van der Waals surface area contributed by atoms with Crippen molar-refractivity contribution in [1.82, 2.24) is 15.5 Å². The molecule has 1 aliphatic rings. The number of hydrogen-bond donors (Lipinski definition) is 2. The molecule has 0 aliphatic carbocycles. The first-order chi connectivity index (χ1) is 13.1. The fourth-order valence-electron chi connectivity index (χ4n) is 3.50. The molecular formula is C21H36N4O2. The average Bonchev–Trinajstić information content (AvgIpc) is 2.71. The molecule has 6 nitrogen and oxygen atoms in total. The topological polar surface area (TPSA) is 58.1 Å². The summed E-state index contributed by atoms with van der Waals surface area (Å²) in [6.45, 7) is 9.33. The van der Waals surface area contributed by atoms with Crippen molar-refractivity contribution >= 4 is 5.96 Å². The minimum atomic E-state index is 0.703. The Bertz CT molecular complexity index is 614. The molecule has 1 heterocycles. The van der Waals surface area contributed by atoms with Crippen LogP contribution in [0.5, 0.6) is 11.5 Å². The Morgan fingerprint density at radius 1 is 1.11 bits per heavy atom. The van der Waals surface area contributed by atoms with E-state index in [1.54, 1.807) is 14.2 Å². The molecule has 0 spiro atoms. The van der Waals surface area contributed by atoms with Crippen LogP contribution in [0.1, 0.15) is 37.8 Å². The van der Waals surface area contributed by atoms with Crippen molar-refractivity contribution in [1.29, 1.82) is 0 Å². The summed E-state index contributed by atoms with van der Waals surface area (Å²) in [5.41, 5.74) is 2.69. The SMILES string of the molecule is CCC(CC)CNC(=NC)NCCN1CCc2cc(OC)c(OC)cc2C1. The van der Waals surface area contributed by atoms with Gasteiger partial charge in [-0.3, -0.25) is 9.89 Å². The highest BCUT2D eigenvalue weighted by Gasteiger charge is 2.19. The molecule has 1 aromatic rings. The predicted octanol–water partition coefficient (Wildman–Crippen LogP) is 2.66. The van der Waals surface area contributed by atoms with E-state index in [1.165, 1.54) is 24.0 Å². The van der Waals surface area contributed by atoms with Crippen LogP contribution in [-0.2, 0) is 13.0 Å². The fourth-order valence-corrected chi connectivity index (χ4v) is 3.50. The Morgan fingerprint density at radius 2 is 1.78 bits per heavy atom. The van der Waals surface area contributed by atoms with Crippen molar-refractivity contribution in [2.45, 2.75) is 39.7 Å². The van der Waals surface area contributed by atoms with Gasteiger partial charge in [0.1, 0.15) is 0 Å². The van der Waals surface area contributed by atoms with Gasteiger partial charge in [0.15, 0.2) is 17.5 Å². The molecule has 0 radical (unpaired) electrons. The number of ether oxygens (including phenoxy) is 2. The molecule has 152 valence electrons. The van der Waals surface area contributed by atoms with Gasteiger partial charge in [0.05, 0.1) is 14.2 Å². The lowest BCUT2D eigenvalue weighted by atomic mass is 9.99. The van der Waals surface area contributed by atoms with E-state index < -0.39 is 0 Å². The first-order valence-electron chi connectivity index (χ1n) is 10.1. The van der Waals surface area contributed by atoms with E-state index in [9.17, 15) is 0 Å². The highest BCUT2D eigenvalue weighted by atomic mass is 16.5. The average molecular weight is 377 g/mol. The van der Waals surface area contributed by atoms with Gasteiger partial charge in [-0.15, -0.1) is 0 Å². The first-order valence-corrected chi connectivity index (χ1v) is 10.1. The van der Waals surface area contributed by atoms with Gasteiger partial charge in [0, 0.05) is 39.8 Å². The number of nitrogens with zero attached hydrogens (tertiary/aromatic N) is 2. The van der Waals surface area contributed by atoms with Crippen molar-refractivity contribution in [3.05, 3.63) is 23.3 Å². The van der Waals surface area contributed by atoms with Gasteiger partial charge in [-0.1, -0.05) is 26.7 Å². The molecule has 27 heavy (non-hydrogen) atoms. The second kappa shape index (κ2) is 11.0. The Morgan fingerprint density at radius 3 is 2.37 bits per heavy atom. The van der Waals surface area contributed by atoms with Crippen LogP contribution in [0, 0.1) is 5.92 Å². The van der Waals surface area contributed by atoms with E-state index in [0.29, 0.717) is 5.92 Å². The molecule has 0 fully saturated rings. The summed E-state index contributed by atoms with van der Waals surface area (Å²) >= 11 is 0. The van der Waals surface area contributed by atoms with Gasteiger partial charge in [0.2, 0.25) is 0 Å².